The third-order valence-corrected chi connectivity index (χ3v) is 7.19. The van der Waals surface area contributed by atoms with Crippen LogP contribution in [0.2, 0.25) is 0 Å². The summed E-state index contributed by atoms with van der Waals surface area (Å²) < 4.78 is 6.03. The number of hydrogen-bond donors (Lipinski definition) is 2. The summed E-state index contributed by atoms with van der Waals surface area (Å²) in [6.07, 6.45) is 7.11. The van der Waals surface area contributed by atoms with Gasteiger partial charge in [0.05, 0.1) is 0 Å². The average molecular weight is 444 g/mol. The van der Waals surface area contributed by atoms with Crippen molar-refractivity contribution < 1.29 is 14.9 Å². The van der Waals surface area contributed by atoms with Gasteiger partial charge in [0, 0.05) is 18.0 Å². The minimum absolute atomic E-state index is 0.235. The normalized spacial score (nSPS) is 18.6. The molecule has 1 fully saturated rings. The summed E-state index contributed by atoms with van der Waals surface area (Å²) >= 11 is 0. The molecule has 0 amide bonds. The first-order valence-electron chi connectivity index (χ1n) is 12.3. The number of piperidine rings is 1. The molecule has 1 saturated heterocycles. The van der Waals surface area contributed by atoms with E-state index in [2.05, 4.69) is 35.2 Å². The summed E-state index contributed by atoms with van der Waals surface area (Å²) in [5.74, 6) is 1.78. The molecule has 4 heteroatoms. The third kappa shape index (κ3) is 4.86. The van der Waals surface area contributed by atoms with Crippen LogP contribution in [0.4, 0.5) is 0 Å². The van der Waals surface area contributed by atoms with Crippen LogP contribution in [0.25, 0.3) is 11.1 Å². The number of phenolic OH excluding ortho intramolecular Hbond substituents is 2. The Morgan fingerprint density at radius 3 is 2.33 bits per heavy atom. The van der Waals surface area contributed by atoms with Crippen molar-refractivity contribution in [2.75, 3.05) is 26.2 Å². The third-order valence-electron chi connectivity index (χ3n) is 7.19. The Hall–Kier alpha value is -2.98. The maximum atomic E-state index is 10.7. The van der Waals surface area contributed by atoms with E-state index in [1.54, 1.807) is 12.1 Å². The number of phenols is 2. The van der Waals surface area contributed by atoms with Crippen LogP contribution in [0, 0.1) is 0 Å². The van der Waals surface area contributed by atoms with Crippen molar-refractivity contribution in [1.82, 2.24) is 4.90 Å². The van der Waals surface area contributed by atoms with Gasteiger partial charge in [-0.3, -0.25) is 4.90 Å². The molecule has 1 aliphatic carbocycles. The lowest BCUT2D eigenvalue weighted by Gasteiger charge is -2.29. The Morgan fingerprint density at radius 1 is 0.818 bits per heavy atom. The fourth-order valence-corrected chi connectivity index (χ4v) is 5.45. The van der Waals surface area contributed by atoms with Crippen LogP contribution >= 0.6 is 0 Å². The molecule has 3 aromatic carbocycles. The zero-order valence-electron chi connectivity index (χ0n) is 19.2. The van der Waals surface area contributed by atoms with Crippen molar-refractivity contribution in [3.05, 3.63) is 77.4 Å². The zero-order valence-corrected chi connectivity index (χ0v) is 19.2. The highest BCUT2D eigenvalue weighted by atomic mass is 16.5. The van der Waals surface area contributed by atoms with E-state index in [9.17, 15) is 10.2 Å². The topological polar surface area (TPSA) is 52.9 Å². The van der Waals surface area contributed by atoms with Crippen LogP contribution in [-0.4, -0.2) is 41.4 Å². The van der Waals surface area contributed by atoms with Crippen LogP contribution in [0.3, 0.4) is 0 Å². The maximum Gasteiger partial charge on any atom is 0.123 e. The van der Waals surface area contributed by atoms with E-state index in [4.69, 9.17) is 4.74 Å². The van der Waals surface area contributed by atoms with E-state index >= 15 is 0 Å². The largest absolute Gasteiger partial charge is 0.508 e. The lowest BCUT2D eigenvalue weighted by Crippen LogP contribution is -2.33. The van der Waals surface area contributed by atoms with Crippen molar-refractivity contribution in [3.8, 4) is 28.4 Å². The second-order valence-corrected chi connectivity index (χ2v) is 9.34. The van der Waals surface area contributed by atoms with Crippen LogP contribution in [0.1, 0.15) is 54.7 Å². The minimum Gasteiger partial charge on any atom is -0.508 e. The predicted octanol–water partition coefficient (Wildman–Crippen LogP) is 6.10. The molecule has 172 valence electrons. The Morgan fingerprint density at radius 2 is 1.58 bits per heavy atom. The summed E-state index contributed by atoms with van der Waals surface area (Å²) in [5.41, 5.74) is 5.65. The molecule has 0 spiro atoms. The SMILES string of the molecule is Oc1ccc(-c2c(O)ccc3c2CCCC3c2ccc(OCCN3CCCCC3)cc2)cc1. The van der Waals surface area contributed by atoms with Gasteiger partial charge in [0.2, 0.25) is 0 Å². The van der Waals surface area contributed by atoms with E-state index in [0.717, 1.165) is 49.3 Å². The van der Waals surface area contributed by atoms with Crippen LogP contribution in [0.5, 0.6) is 17.2 Å². The Kier molecular flexibility index (Phi) is 6.54. The fraction of sp³-hybridized carbons (Fsp3) is 0.379. The van der Waals surface area contributed by atoms with Crippen LogP contribution in [-0.2, 0) is 6.42 Å². The van der Waals surface area contributed by atoms with Crippen molar-refractivity contribution in [3.63, 3.8) is 0 Å². The molecule has 5 rings (SSSR count). The van der Waals surface area contributed by atoms with Crippen LogP contribution in [0.15, 0.2) is 60.7 Å². The highest BCUT2D eigenvalue weighted by Gasteiger charge is 2.26. The number of likely N-dealkylation sites (tertiary alicyclic amines) is 1. The molecule has 33 heavy (non-hydrogen) atoms. The molecular weight excluding hydrogens is 410 g/mol. The molecule has 0 aromatic heterocycles. The summed E-state index contributed by atoms with van der Waals surface area (Å²) in [6.45, 7) is 4.14. The number of nitrogens with zero attached hydrogens (tertiary/aromatic N) is 1. The minimum atomic E-state index is 0.235. The Balaban J connectivity index is 1.33. The molecule has 0 saturated carbocycles. The number of aromatic hydroxyl groups is 2. The number of rotatable bonds is 6. The first kappa shape index (κ1) is 21.8. The van der Waals surface area contributed by atoms with Crippen LogP contribution < -0.4 is 4.74 Å². The van der Waals surface area contributed by atoms with Crippen molar-refractivity contribution in [1.29, 1.82) is 0 Å². The number of hydrogen-bond acceptors (Lipinski definition) is 4. The van der Waals surface area contributed by atoms with Gasteiger partial charge in [0.25, 0.3) is 0 Å². The molecule has 2 aliphatic rings. The zero-order chi connectivity index (χ0) is 22.6. The second-order valence-electron chi connectivity index (χ2n) is 9.34. The van der Waals surface area contributed by atoms with Gasteiger partial charge < -0.3 is 14.9 Å². The number of fused-ring (bicyclic) bond motifs is 1. The highest BCUT2D eigenvalue weighted by Crippen LogP contribution is 2.44. The van der Waals surface area contributed by atoms with Gasteiger partial charge in [-0.15, -0.1) is 0 Å². The average Bonchev–Trinajstić information content (AvgIpc) is 2.85. The summed E-state index contributed by atoms with van der Waals surface area (Å²) in [4.78, 5) is 2.50. The second kappa shape index (κ2) is 9.88. The van der Waals surface area contributed by atoms with E-state index in [1.807, 2.05) is 18.2 Å². The first-order chi connectivity index (χ1) is 16.2. The van der Waals surface area contributed by atoms with Crippen molar-refractivity contribution in [2.45, 2.75) is 44.4 Å². The molecule has 1 atom stereocenters. The van der Waals surface area contributed by atoms with E-state index in [1.165, 1.54) is 49.0 Å². The Bertz CT molecular complexity index is 1070. The first-order valence-corrected chi connectivity index (χ1v) is 12.3. The van der Waals surface area contributed by atoms with Gasteiger partial charge >= 0.3 is 0 Å². The molecule has 1 heterocycles. The maximum absolute atomic E-state index is 10.7. The van der Waals surface area contributed by atoms with Gasteiger partial charge in [-0.25, -0.2) is 0 Å². The number of benzene rings is 3. The van der Waals surface area contributed by atoms with Gasteiger partial charge in [0.1, 0.15) is 23.9 Å². The predicted molar refractivity (Wildman–Crippen MR) is 132 cm³/mol. The lowest BCUT2D eigenvalue weighted by molar-refractivity contribution is 0.183. The summed E-state index contributed by atoms with van der Waals surface area (Å²) in [6, 6.07) is 19.6. The lowest BCUT2D eigenvalue weighted by atomic mass is 9.76. The highest BCUT2D eigenvalue weighted by molar-refractivity contribution is 5.76. The van der Waals surface area contributed by atoms with E-state index < -0.39 is 0 Å². The van der Waals surface area contributed by atoms with Gasteiger partial charge in [-0.1, -0.05) is 36.8 Å². The monoisotopic (exact) mass is 443 g/mol. The molecule has 2 N–H and O–H groups in total. The van der Waals surface area contributed by atoms with Gasteiger partial charge in [0.15, 0.2) is 0 Å². The quantitative estimate of drug-likeness (QED) is 0.483. The van der Waals surface area contributed by atoms with E-state index in [-0.39, 0.29) is 5.75 Å². The molecular formula is C29H33NO3. The molecule has 0 bridgehead atoms. The van der Waals surface area contributed by atoms with Gasteiger partial charge in [-0.05, 0) is 97.8 Å². The molecule has 1 aliphatic heterocycles. The van der Waals surface area contributed by atoms with E-state index in [0.29, 0.717) is 11.7 Å². The fourth-order valence-electron chi connectivity index (χ4n) is 5.45. The van der Waals surface area contributed by atoms with Crippen molar-refractivity contribution >= 4 is 0 Å². The molecule has 1 unspecified atom stereocenters. The smallest absolute Gasteiger partial charge is 0.123 e. The van der Waals surface area contributed by atoms with Gasteiger partial charge in [-0.2, -0.15) is 0 Å². The molecule has 3 aromatic rings. The number of ether oxygens (including phenoxy) is 1. The van der Waals surface area contributed by atoms with Crippen molar-refractivity contribution in [2.24, 2.45) is 0 Å². The molecule has 0 radical (unpaired) electrons. The molecule has 4 nitrogen and oxygen atoms in total. The summed E-state index contributed by atoms with van der Waals surface area (Å²) in [7, 11) is 0. The summed E-state index contributed by atoms with van der Waals surface area (Å²) in [5, 5.41) is 20.3. The Labute approximate surface area is 196 Å². The standard InChI is InChI=1S/C29H33NO3/c31-23-11-7-22(8-12-23)29-27-6-4-5-25(26(27)15-16-28(29)32)21-9-13-24(14-10-21)33-20-19-30-17-2-1-3-18-30/h7-16,25,31-32H,1-6,17-20H2.